The summed E-state index contributed by atoms with van der Waals surface area (Å²) >= 11 is 0. The zero-order valence-electron chi connectivity index (χ0n) is 23.9. The summed E-state index contributed by atoms with van der Waals surface area (Å²) in [7, 11) is 2.14. The lowest BCUT2D eigenvalue weighted by atomic mass is 9.93. The van der Waals surface area contributed by atoms with Crippen molar-refractivity contribution >= 4 is 23.2 Å². The first-order chi connectivity index (χ1) is 19.3. The van der Waals surface area contributed by atoms with Gasteiger partial charge in [0, 0.05) is 55.8 Å². The number of hydrogen-bond donors (Lipinski definition) is 2. The topological polar surface area (TPSA) is 95.1 Å². The number of nitrogens with zero attached hydrogens (tertiary/aromatic N) is 5. The molecule has 40 heavy (non-hydrogen) atoms. The number of allylic oxidation sites excluding steroid dienone is 1. The van der Waals surface area contributed by atoms with Crippen LogP contribution in [0.1, 0.15) is 48.9 Å². The Morgan fingerprint density at radius 3 is 2.83 bits per heavy atom. The van der Waals surface area contributed by atoms with E-state index in [2.05, 4.69) is 67.2 Å². The molecule has 212 valence electrons. The maximum Gasteiger partial charge on any atom is 0.321 e. The second-order valence-corrected chi connectivity index (χ2v) is 11.4. The van der Waals surface area contributed by atoms with E-state index in [4.69, 9.17) is 19.4 Å². The van der Waals surface area contributed by atoms with Gasteiger partial charge in [-0.15, -0.1) is 0 Å². The molecule has 4 aliphatic rings. The van der Waals surface area contributed by atoms with Crippen molar-refractivity contribution in [2.75, 3.05) is 50.2 Å². The van der Waals surface area contributed by atoms with Crippen LogP contribution in [0.2, 0.25) is 0 Å². The van der Waals surface area contributed by atoms with Crippen LogP contribution in [0.3, 0.4) is 0 Å². The van der Waals surface area contributed by atoms with E-state index in [1.807, 2.05) is 4.90 Å². The van der Waals surface area contributed by atoms with Crippen LogP contribution < -0.4 is 25.2 Å². The number of carbonyl (C=O) groups is 1. The highest BCUT2D eigenvalue weighted by atomic mass is 16.5. The molecule has 1 aromatic heterocycles. The number of carbonyl (C=O) groups excluding carboxylic acids is 1. The van der Waals surface area contributed by atoms with Crippen LogP contribution >= 0.6 is 0 Å². The fourth-order valence-electron chi connectivity index (χ4n) is 6.36. The number of aryl methyl sites for hydroxylation is 1. The van der Waals surface area contributed by atoms with Gasteiger partial charge in [-0.2, -0.15) is 9.97 Å². The Morgan fingerprint density at radius 2 is 2.08 bits per heavy atom. The van der Waals surface area contributed by atoms with Gasteiger partial charge < -0.3 is 29.6 Å². The average Bonchev–Trinajstić information content (AvgIpc) is 3.59. The molecule has 10 nitrogen and oxygen atoms in total. The molecule has 0 saturated carbocycles. The summed E-state index contributed by atoms with van der Waals surface area (Å²) in [6.07, 6.45) is 4.35. The van der Waals surface area contributed by atoms with Crippen LogP contribution in [0.25, 0.3) is 5.76 Å². The van der Waals surface area contributed by atoms with Gasteiger partial charge in [0.2, 0.25) is 11.8 Å². The molecule has 0 unspecified atom stereocenters. The van der Waals surface area contributed by atoms with Crippen LogP contribution in [0.5, 0.6) is 11.9 Å². The minimum Gasteiger partial charge on any atom is -0.462 e. The van der Waals surface area contributed by atoms with E-state index in [0.29, 0.717) is 50.6 Å². The summed E-state index contributed by atoms with van der Waals surface area (Å²) < 4.78 is 12.9. The zero-order chi connectivity index (χ0) is 28.0. The first-order valence-corrected chi connectivity index (χ1v) is 14.2. The molecule has 1 amide bonds. The van der Waals surface area contributed by atoms with E-state index in [1.165, 1.54) is 18.1 Å². The van der Waals surface area contributed by atoms with Crippen molar-refractivity contribution in [2.24, 2.45) is 0 Å². The van der Waals surface area contributed by atoms with Crippen molar-refractivity contribution in [2.45, 2.75) is 58.7 Å². The number of hydrogen-bond acceptors (Lipinski definition) is 9. The van der Waals surface area contributed by atoms with Crippen molar-refractivity contribution in [3.8, 4) is 11.9 Å². The van der Waals surface area contributed by atoms with Gasteiger partial charge in [0.25, 0.3) is 0 Å². The summed E-state index contributed by atoms with van der Waals surface area (Å²) in [6, 6.07) is 4.93. The van der Waals surface area contributed by atoms with Crippen molar-refractivity contribution in [3.05, 3.63) is 52.6 Å². The minimum absolute atomic E-state index is 0.0210. The Labute approximate surface area is 236 Å². The van der Waals surface area contributed by atoms with E-state index in [1.54, 1.807) is 0 Å². The van der Waals surface area contributed by atoms with Crippen LogP contribution in [0.4, 0.5) is 11.5 Å². The lowest BCUT2D eigenvalue weighted by Gasteiger charge is -2.41. The van der Waals surface area contributed by atoms with Gasteiger partial charge in [0.1, 0.15) is 18.2 Å². The third-order valence-electron chi connectivity index (χ3n) is 8.65. The summed E-state index contributed by atoms with van der Waals surface area (Å²) in [5, 5.41) is 0. The Kier molecular flexibility index (Phi) is 7.14. The van der Waals surface area contributed by atoms with E-state index in [-0.39, 0.29) is 11.9 Å². The molecule has 6 rings (SSSR count). The van der Waals surface area contributed by atoms with Gasteiger partial charge in [-0.3, -0.25) is 4.79 Å². The maximum absolute atomic E-state index is 12.4. The number of nitrogens with one attached hydrogen (secondary N) is 2. The number of likely N-dealkylation sites (N-methyl/N-ethyl adjacent to an activating group) is 1. The van der Waals surface area contributed by atoms with Crippen molar-refractivity contribution in [1.29, 1.82) is 0 Å². The predicted molar refractivity (Wildman–Crippen MR) is 155 cm³/mol. The van der Waals surface area contributed by atoms with E-state index < -0.39 is 0 Å². The van der Waals surface area contributed by atoms with Crippen molar-refractivity contribution < 1.29 is 14.3 Å². The normalized spacial score (nSPS) is 22.5. The highest BCUT2D eigenvalue weighted by molar-refractivity contribution is 5.87. The SMILES string of the molecule is C=CC(=O)N1CCN(c2nc(OC[C@@H]3CCCN3C)nc3c2CC(C)=C(c2c(C)ccc4c2CNN4)O3)C[C@H]1C. The second-order valence-electron chi connectivity index (χ2n) is 11.4. The number of aromatic nitrogens is 2. The van der Waals surface area contributed by atoms with Crippen LogP contribution in [-0.2, 0) is 17.8 Å². The molecule has 0 aliphatic carbocycles. The number of amides is 1. The number of benzene rings is 1. The highest BCUT2D eigenvalue weighted by Gasteiger charge is 2.34. The number of rotatable bonds is 6. The Hall–Kier alpha value is -3.63. The van der Waals surface area contributed by atoms with Gasteiger partial charge in [-0.25, -0.2) is 5.43 Å². The van der Waals surface area contributed by atoms with E-state index in [0.717, 1.165) is 59.0 Å². The van der Waals surface area contributed by atoms with Crippen molar-refractivity contribution in [3.63, 3.8) is 0 Å². The van der Waals surface area contributed by atoms with Gasteiger partial charge >= 0.3 is 6.01 Å². The van der Waals surface area contributed by atoms with Crippen LogP contribution in [-0.4, -0.2) is 77.6 Å². The molecular formula is C30H39N7O3. The van der Waals surface area contributed by atoms with Crippen LogP contribution in [0.15, 0.2) is 30.4 Å². The van der Waals surface area contributed by atoms with E-state index in [9.17, 15) is 4.79 Å². The quantitative estimate of drug-likeness (QED) is 0.531. The smallest absolute Gasteiger partial charge is 0.321 e. The summed E-state index contributed by atoms with van der Waals surface area (Å²) in [5.41, 5.74) is 13.1. The molecule has 2 aromatic rings. The Balaban J connectivity index is 1.35. The van der Waals surface area contributed by atoms with E-state index >= 15 is 0 Å². The predicted octanol–water partition coefficient (Wildman–Crippen LogP) is 3.28. The molecule has 1 aromatic carbocycles. The first kappa shape index (κ1) is 26.6. The van der Waals surface area contributed by atoms with Crippen LogP contribution in [0, 0.1) is 6.92 Å². The summed E-state index contributed by atoms with van der Waals surface area (Å²) in [6.45, 7) is 14.2. The second kappa shape index (κ2) is 10.7. The third-order valence-corrected chi connectivity index (χ3v) is 8.65. The molecule has 2 fully saturated rings. The molecule has 10 heteroatoms. The number of likely N-dealkylation sites (tertiary alicyclic amines) is 1. The fourth-order valence-corrected chi connectivity index (χ4v) is 6.36. The average molecular weight is 546 g/mol. The number of fused-ring (bicyclic) bond motifs is 2. The number of ether oxygens (including phenoxy) is 2. The Morgan fingerprint density at radius 1 is 1.23 bits per heavy atom. The first-order valence-electron chi connectivity index (χ1n) is 14.2. The summed E-state index contributed by atoms with van der Waals surface area (Å²) in [4.78, 5) is 28.6. The standard InChI is InChI=1S/C30H39N7O3/c1-6-25(38)37-13-12-36(16-20(37)4)28-22-14-19(3)27(26-18(2)9-10-24-23(26)15-31-34-24)40-29(22)33-30(32-28)39-17-21-8-7-11-35(21)5/h6,9-10,20-21,31,34H,1,7-8,11-17H2,2-5H3/t20-,21+/m1/s1. The highest BCUT2D eigenvalue weighted by Crippen LogP contribution is 2.42. The van der Waals surface area contributed by atoms with Gasteiger partial charge in [0.15, 0.2) is 0 Å². The fraction of sp³-hybridized carbons (Fsp3) is 0.500. The molecule has 2 saturated heterocycles. The third kappa shape index (κ3) is 4.79. The number of piperazine rings is 1. The monoisotopic (exact) mass is 545 g/mol. The molecular weight excluding hydrogens is 506 g/mol. The number of anilines is 2. The van der Waals surface area contributed by atoms with Gasteiger partial charge in [-0.05, 0) is 70.5 Å². The number of hydrazine groups is 1. The molecule has 4 aliphatic heterocycles. The molecule has 0 radical (unpaired) electrons. The molecule has 0 bridgehead atoms. The molecule has 0 spiro atoms. The lowest BCUT2D eigenvalue weighted by molar-refractivity contribution is -0.128. The van der Waals surface area contributed by atoms with Crippen molar-refractivity contribution in [1.82, 2.24) is 25.2 Å². The Bertz CT molecular complexity index is 1370. The van der Waals surface area contributed by atoms with Gasteiger partial charge in [-0.1, -0.05) is 12.6 Å². The molecule has 2 N–H and O–H groups in total. The molecule has 2 atom stereocenters. The zero-order valence-corrected chi connectivity index (χ0v) is 23.9. The summed E-state index contributed by atoms with van der Waals surface area (Å²) in [5.74, 6) is 2.19. The minimum atomic E-state index is -0.0388. The molecule has 5 heterocycles. The lowest BCUT2D eigenvalue weighted by Crippen LogP contribution is -2.54. The largest absolute Gasteiger partial charge is 0.462 e. The van der Waals surface area contributed by atoms with Gasteiger partial charge in [0.05, 0.1) is 11.3 Å². The maximum atomic E-state index is 12.4.